The lowest BCUT2D eigenvalue weighted by Gasteiger charge is -2.08. The molecule has 2 rings (SSSR count). The monoisotopic (exact) mass is 256 g/mol. The normalized spacial score (nSPS) is 9.89. The maximum atomic E-state index is 11.6. The molecule has 3 N–H and O–H groups in total. The quantitative estimate of drug-likeness (QED) is 0.787. The molecule has 2 aromatic rings. The van der Waals surface area contributed by atoms with Crippen molar-refractivity contribution in [3.8, 4) is 5.75 Å². The molecule has 0 bridgehead atoms. The molecule has 0 radical (unpaired) electrons. The summed E-state index contributed by atoms with van der Waals surface area (Å²) >= 11 is 0. The summed E-state index contributed by atoms with van der Waals surface area (Å²) in [4.78, 5) is 11.6. The fourth-order valence-electron chi connectivity index (χ4n) is 1.73. The van der Waals surface area contributed by atoms with Gasteiger partial charge >= 0.3 is 6.03 Å². The minimum atomic E-state index is -0.248. The predicted octanol–water partition coefficient (Wildman–Crippen LogP) is 2.76. The fraction of sp³-hybridized carbons (Fsp3) is 0.133. The molecule has 4 heteroatoms. The third kappa shape index (κ3) is 4.03. The van der Waals surface area contributed by atoms with Crippen molar-refractivity contribution in [3.05, 3.63) is 60.2 Å². The summed E-state index contributed by atoms with van der Waals surface area (Å²) in [6, 6.07) is 16.1. The van der Waals surface area contributed by atoms with E-state index in [1.54, 1.807) is 12.1 Å². The van der Waals surface area contributed by atoms with Crippen LogP contribution in [0.2, 0.25) is 0 Å². The number of hydrogen-bond donors (Lipinski definition) is 3. The SMILES string of the molecule is O=C(NCCc1ccccc1O)Nc1ccccc1. The third-order valence-electron chi connectivity index (χ3n) is 2.70. The number of carbonyl (C=O) groups excluding carboxylic acids is 1. The second-order valence-electron chi connectivity index (χ2n) is 4.13. The van der Waals surface area contributed by atoms with Gasteiger partial charge in [-0.05, 0) is 30.2 Å². The molecule has 19 heavy (non-hydrogen) atoms. The van der Waals surface area contributed by atoms with E-state index in [1.807, 2.05) is 42.5 Å². The molecule has 0 saturated heterocycles. The average molecular weight is 256 g/mol. The largest absolute Gasteiger partial charge is 0.508 e. The first-order valence-corrected chi connectivity index (χ1v) is 6.12. The van der Waals surface area contributed by atoms with E-state index in [0.29, 0.717) is 13.0 Å². The van der Waals surface area contributed by atoms with Crippen LogP contribution in [0.4, 0.5) is 10.5 Å². The van der Waals surface area contributed by atoms with Crippen molar-refractivity contribution in [2.24, 2.45) is 0 Å². The van der Waals surface area contributed by atoms with E-state index < -0.39 is 0 Å². The number of nitrogens with one attached hydrogen (secondary N) is 2. The second kappa shape index (κ2) is 6.44. The number of anilines is 1. The minimum Gasteiger partial charge on any atom is -0.508 e. The number of hydrogen-bond acceptors (Lipinski definition) is 2. The van der Waals surface area contributed by atoms with Crippen LogP contribution in [0.15, 0.2) is 54.6 Å². The molecule has 0 aliphatic rings. The summed E-state index contributed by atoms with van der Waals surface area (Å²) in [7, 11) is 0. The van der Waals surface area contributed by atoms with Gasteiger partial charge in [-0.2, -0.15) is 0 Å². The molecule has 0 aliphatic carbocycles. The van der Waals surface area contributed by atoms with Crippen molar-refractivity contribution in [2.75, 3.05) is 11.9 Å². The van der Waals surface area contributed by atoms with Crippen LogP contribution < -0.4 is 10.6 Å². The van der Waals surface area contributed by atoms with Gasteiger partial charge in [-0.3, -0.25) is 0 Å². The zero-order valence-corrected chi connectivity index (χ0v) is 10.5. The number of carbonyl (C=O) groups is 1. The van der Waals surface area contributed by atoms with Crippen LogP contribution in [0, 0.1) is 0 Å². The number of aromatic hydroxyl groups is 1. The Kier molecular flexibility index (Phi) is 4.39. The first-order chi connectivity index (χ1) is 9.25. The molecular formula is C15H16N2O2. The molecule has 0 aromatic heterocycles. The number of rotatable bonds is 4. The maximum absolute atomic E-state index is 11.6. The van der Waals surface area contributed by atoms with Crippen LogP contribution in [0.3, 0.4) is 0 Å². The van der Waals surface area contributed by atoms with Crippen LogP contribution in [-0.2, 0) is 6.42 Å². The zero-order chi connectivity index (χ0) is 13.5. The predicted molar refractivity (Wildman–Crippen MR) is 75.3 cm³/mol. The molecule has 2 amide bonds. The van der Waals surface area contributed by atoms with E-state index in [0.717, 1.165) is 11.3 Å². The molecule has 4 nitrogen and oxygen atoms in total. The van der Waals surface area contributed by atoms with Crippen molar-refractivity contribution in [3.63, 3.8) is 0 Å². The van der Waals surface area contributed by atoms with Crippen molar-refractivity contribution in [1.82, 2.24) is 5.32 Å². The van der Waals surface area contributed by atoms with Crippen molar-refractivity contribution in [2.45, 2.75) is 6.42 Å². The topological polar surface area (TPSA) is 61.4 Å². The minimum absolute atomic E-state index is 0.248. The maximum Gasteiger partial charge on any atom is 0.319 e. The highest BCUT2D eigenvalue weighted by Gasteiger charge is 2.02. The van der Waals surface area contributed by atoms with Crippen molar-refractivity contribution < 1.29 is 9.90 Å². The average Bonchev–Trinajstić information content (AvgIpc) is 2.42. The van der Waals surface area contributed by atoms with E-state index in [4.69, 9.17) is 0 Å². The van der Waals surface area contributed by atoms with Gasteiger partial charge in [0.2, 0.25) is 0 Å². The Morgan fingerprint density at radius 2 is 1.68 bits per heavy atom. The van der Waals surface area contributed by atoms with Crippen LogP contribution in [-0.4, -0.2) is 17.7 Å². The lowest BCUT2D eigenvalue weighted by atomic mass is 10.1. The summed E-state index contributed by atoms with van der Waals surface area (Å²) in [6.45, 7) is 0.468. The van der Waals surface area contributed by atoms with Gasteiger partial charge in [-0.1, -0.05) is 36.4 Å². The van der Waals surface area contributed by atoms with Gasteiger partial charge in [0.05, 0.1) is 0 Å². The zero-order valence-electron chi connectivity index (χ0n) is 10.5. The standard InChI is InChI=1S/C15H16N2O2/c18-14-9-5-4-6-12(14)10-11-16-15(19)17-13-7-2-1-3-8-13/h1-9,18H,10-11H2,(H2,16,17,19). The highest BCUT2D eigenvalue weighted by molar-refractivity contribution is 5.89. The Morgan fingerprint density at radius 1 is 1.00 bits per heavy atom. The van der Waals surface area contributed by atoms with Gasteiger partial charge in [-0.25, -0.2) is 4.79 Å². The van der Waals surface area contributed by atoms with Gasteiger partial charge in [0.1, 0.15) is 5.75 Å². The highest BCUT2D eigenvalue weighted by Crippen LogP contribution is 2.15. The summed E-state index contributed by atoms with van der Waals surface area (Å²) in [6.07, 6.45) is 0.592. The molecule has 0 saturated carbocycles. The van der Waals surface area contributed by atoms with E-state index in [1.165, 1.54) is 0 Å². The Labute approximate surface area is 112 Å². The molecule has 0 spiro atoms. The van der Waals surface area contributed by atoms with Crippen LogP contribution in [0.1, 0.15) is 5.56 Å². The number of amides is 2. The van der Waals surface area contributed by atoms with E-state index in [-0.39, 0.29) is 11.8 Å². The molecule has 0 fully saturated rings. The Hall–Kier alpha value is -2.49. The molecular weight excluding hydrogens is 240 g/mol. The van der Waals surface area contributed by atoms with E-state index in [2.05, 4.69) is 10.6 Å². The lowest BCUT2D eigenvalue weighted by Crippen LogP contribution is -2.30. The van der Waals surface area contributed by atoms with Crippen LogP contribution >= 0.6 is 0 Å². The summed E-state index contributed by atoms with van der Waals surface area (Å²) in [5.41, 5.74) is 1.57. The number of benzene rings is 2. The second-order valence-corrected chi connectivity index (χ2v) is 4.13. The van der Waals surface area contributed by atoms with Gasteiger partial charge in [0, 0.05) is 12.2 Å². The van der Waals surface area contributed by atoms with Crippen LogP contribution in [0.25, 0.3) is 0 Å². The molecule has 2 aromatic carbocycles. The van der Waals surface area contributed by atoms with Gasteiger partial charge < -0.3 is 15.7 Å². The Morgan fingerprint density at radius 3 is 2.42 bits per heavy atom. The number of urea groups is 1. The van der Waals surface area contributed by atoms with E-state index in [9.17, 15) is 9.90 Å². The first-order valence-electron chi connectivity index (χ1n) is 6.12. The lowest BCUT2D eigenvalue weighted by molar-refractivity contribution is 0.252. The van der Waals surface area contributed by atoms with Gasteiger partial charge in [0.25, 0.3) is 0 Å². The highest BCUT2D eigenvalue weighted by atomic mass is 16.3. The number of phenols is 1. The smallest absolute Gasteiger partial charge is 0.319 e. The molecule has 0 atom stereocenters. The molecule has 0 unspecified atom stereocenters. The van der Waals surface area contributed by atoms with Crippen LogP contribution in [0.5, 0.6) is 5.75 Å². The number of phenolic OH excluding ortho intramolecular Hbond substituents is 1. The Bertz CT molecular complexity index is 541. The van der Waals surface area contributed by atoms with E-state index >= 15 is 0 Å². The molecule has 0 aliphatic heterocycles. The number of para-hydroxylation sites is 2. The first kappa shape index (κ1) is 13.0. The molecule has 98 valence electrons. The fourth-order valence-corrected chi connectivity index (χ4v) is 1.73. The van der Waals surface area contributed by atoms with Gasteiger partial charge in [0.15, 0.2) is 0 Å². The van der Waals surface area contributed by atoms with Gasteiger partial charge in [-0.15, -0.1) is 0 Å². The summed E-state index contributed by atoms with van der Waals surface area (Å²) < 4.78 is 0. The Balaban J connectivity index is 1.77. The van der Waals surface area contributed by atoms with Crippen molar-refractivity contribution in [1.29, 1.82) is 0 Å². The third-order valence-corrected chi connectivity index (χ3v) is 2.70. The molecule has 0 heterocycles. The van der Waals surface area contributed by atoms with Crippen molar-refractivity contribution >= 4 is 11.7 Å². The summed E-state index contributed by atoms with van der Waals surface area (Å²) in [5, 5.41) is 15.1. The summed E-state index contributed by atoms with van der Waals surface area (Å²) in [5.74, 6) is 0.257.